The molecule has 13 heavy (non-hydrogen) atoms. The van der Waals surface area contributed by atoms with Crippen molar-refractivity contribution in [2.75, 3.05) is 0 Å². The topological polar surface area (TPSA) is 38.9 Å². The van der Waals surface area contributed by atoms with Gasteiger partial charge in [0.15, 0.2) is 0 Å². The minimum Gasteiger partial charge on any atom is -0.323 e. The molecular formula is C11H14N2. The van der Waals surface area contributed by atoms with E-state index < -0.39 is 0 Å². The lowest BCUT2D eigenvalue weighted by Gasteiger charge is -2.09. The molecule has 2 heteroatoms. The lowest BCUT2D eigenvalue weighted by Crippen LogP contribution is -2.11. The number of hydrogen-bond acceptors (Lipinski definition) is 2. The van der Waals surface area contributed by atoms with Gasteiger partial charge in [0.25, 0.3) is 0 Å². The van der Waals surface area contributed by atoms with Gasteiger partial charge in [-0.1, -0.05) is 6.07 Å². The molecule has 0 fully saturated rings. The number of aromatic nitrogens is 1. The van der Waals surface area contributed by atoms with E-state index in [9.17, 15) is 0 Å². The minimum atomic E-state index is -0.0315. The predicted octanol–water partition coefficient (Wildman–Crippen LogP) is 1.80. The SMILES string of the molecule is C#CCCC(N)c1cccc(C)n1. The third-order valence-corrected chi connectivity index (χ3v) is 1.89. The van der Waals surface area contributed by atoms with Crippen molar-refractivity contribution in [3.63, 3.8) is 0 Å². The molecule has 2 N–H and O–H groups in total. The standard InChI is InChI=1S/C11H14N2/c1-3-4-7-10(12)11-8-5-6-9(2)13-11/h1,5-6,8,10H,4,7,12H2,2H3. The minimum absolute atomic E-state index is 0.0315. The largest absolute Gasteiger partial charge is 0.323 e. The van der Waals surface area contributed by atoms with E-state index in [1.165, 1.54) is 0 Å². The van der Waals surface area contributed by atoms with Gasteiger partial charge in [0.05, 0.1) is 5.69 Å². The van der Waals surface area contributed by atoms with E-state index in [0.717, 1.165) is 17.8 Å². The molecule has 2 nitrogen and oxygen atoms in total. The first-order valence-electron chi connectivity index (χ1n) is 4.36. The van der Waals surface area contributed by atoms with Gasteiger partial charge in [-0.3, -0.25) is 4.98 Å². The number of nitrogens with zero attached hydrogens (tertiary/aromatic N) is 1. The molecule has 0 saturated heterocycles. The smallest absolute Gasteiger partial charge is 0.0574 e. The van der Waals surface area contributed by atoms with Gasteiger partial charge in [-0.05, 0) is 25.5 Å². The van der Waals surface area contributed by atoms with Gasteiger partial charge in [0, 0.05) is 18.2 Å². The molecule has 1 heterocycles. The normalized spacial score (nSPS) is 12.1. The van der Waals surface area contributed by atoms with E-state index >= 15 is 0 Å². The number of aryl methyl sites for hydroxylation is 1. The van der Waals surface area contributed by atoms with E-state index in [2.05, 4.69) is 10.9 Å². The van der Waals surface area contributed by atoms with Crippen molar-refractivity contribution in [1.29, 1.82) is 0 Å². The predicted molar refractivity (Wildman–Crippen MR) is 54.0 cm³/mol. The van der Waals surface area contributed by atoms with Crippen LogP contribution in [0.5, 0.6) is 0 Å². The second-order valence-electron chi connectivity index (χ2n) is 3.05. The number of rotatable bonds is 3. The fourth-order valence-electron chi connectivity index (χ4n) is 1.16. The Hall–Kier alpha value is -1.33. The van der Waals surface area contributed by atoms with Crippen molar-refractivity contribution < 1.29 is 0 Å². The molecule has 1 atom stereocenters. The van der Waals surface area contributed by atoms with Gasteiger partial charge in [-0.15, -0.1) is 12.3 Å². The molecule has 0 aliphatic carbocycles. The quantitative estimate of drug-likeness (QED) is 0.710. The summed E-state index contributed by atoms with van der Waals surface area (Å²) in [5, 5.41) is 0. The van der Waals surface area contributed by atoms with Crippen LogP contribution in [-0.2, 0) is 0 Å². The third kappa shape index (κ3) is 2.89. The highest BCUT2D eigenvalue weighted by atomic mass is 14.8. The van der Waals surface area contributed by atoms with Crippen LogP contribution in [0.4, 0.5) is 0 Å². The van der Waals surface area contributed by atoms with Crippen LogP contribution >= 0.6 is 0 Å². The molecule has 1 rings (SSSR count). The van der Waals surface area contributed by atoms with Crippen molar-refractivity contribution in [2.45, 2.75) is 25.8 Å². The Bertz CT molecular complexity index is 312. The molecule has 0 amide bonds. The van der Waals surface area contributed by atoms with E-state index in [1.807, 2.05) is 25.1 Å². The Balaban J connectivity index is 2.66. The first-order valence-corrected chi connectivity index (χ1v) is 4.36. The number of nitrogens with two attached hydrogens (primary N) is 1. The van der Waals surface area contributed by atoms with Gasteiger partial charge in [-0.2, -0.15) is 0 Å². The van der Waals surface area contributed by atoms with Crippen LogP contribution in [0.1, 0.15) is 30.3 Å². The summed E-state index contributed by atoms with van der Waals surface area (Å²) in [6.45, 7) is 1.96. The first-order chi connectivity index (χ1) is 6.24. The van der Waals surface area contributed by atoms with Crippen LogP contribution in [-0.4, -0.2) is 4.98 Å². The second-order valence-corrected chi connectivity index (χ2v) is 3.05. The molecule has 0 aromatic carbocycles. The highest BCUT2D eigenvalue weighted by molar-refractivity contribution is 5.13. The molecule has 0 spiro atoms. The molecule has 0 radical (unpaired) electrons. The summed E-state index contributed by atoms with van der Waals surface area (Å²) in [6, 6.07) is 5.83. The summed E-state index contributed by atoms with van der Waals surface area (Å²) >= 11 is 0. The summed E-state index contributed by atoms with van der Waals surface area (Å²) in [4.78, 5) is 4.33. The fraction of sp³-hybridized carbons (Fsp3) is 0.364. The van der Waals surface area contributed by atoms with E-state index in [0.29, 0.717) is 6.42 Å². The molecule has 68 valence electrons. The Kier molecular flexibility index (Phi) is 3.48. The van der Waals surface area contributed by atoms with Gasteiger partial charge in [0.1, 0.15) is 0 Å². The van der Waals surface area contributed by atoms with Gasteiger partial charge < -0.3 is 5.73 Å². The average molecular weight is 174 g/mol. The van der Waals surface area contributed by atoms with Crippen LogP contribution < -0.4 is 5.73 Å². The molecule has 0 aliphatic rings. The molecule has 1 aromatic heterocycles. The van der Waals surface area contributed by atoms with Crippen molar-refractivity contribution >= 4 is 0 Å². The van der Waals surface area contributed by atoms with Crippen LogP contribution in [0.25, 0.3) is 0 Å². The third-order valence-electron chi connectivity index (χ3n) is 1.89. The maximum Gasteiger partial charge on any atom is 0.0574 e. The molecular weight excluding hydrogens is 160 g/mol. The van der Waals surface area contributed by atoms with Gasteiger partial charge in [-0.25, -0.2) is 0 Å². The zero-order chi connectivity index (χ0) is 9.68. The van der Waals surface area contributed by atoms with E-state index in [1.54, 1.807) is 0 Å². The van der Waals surface area contributed by atoms with E-state index in [-0.39, 0.29) is 6.04 Å². The maximum atomic E-state index is 5.89. The summed E-state index contributed by atoms with van der Waals surface area (Å²) < 4.78 is 0. The molecule has 0 bridgehead atoms. The summed E-state index contributed by atoms with van der Waals surface area (Å²) in [5.41, 5.74) is 7.81. The van der Waals surface area contributed by atoms with Gasteiger partial charge in [0.2, 0.25) is 0 Å². The Morgan fingerprint density at radius 1 is 1.62 bits per heavy atom. The van der Waals surface area contributed by atoms with Crippen molar-refractivity contribution in [1.82, 2.24) is 4.98 Å². The monoisotopic (exact) mass is 174 g/mol. The number of hydrogen-bond donors (Lipinski definition) is 1. The zero-order valence-corrected chi connectivity index (χ0v) is 7.83. The molecule has 0 aliphatic heterocycles. The van der Waals surface area contributed by atoms with E-state index in [4.69, 9.17) is 12.2 Å². The average Bonchev–Trinajstić information content (AvgIpc) is 2.14. The number of pyridine rings is 1. The Morgan fingerprint density at radius 3 is 3.00 bits per heavy atom. The lowest BCUT2D eigenvalue weighted by atomic mass is 10.1. The van der Waals surface area contributed by atoms with Crippen LogP contribution in [0.3, 0.4) is 0 Å². The summed E-state index contributed by atoms with van der Waals surface area (Å²) in [5.74, 6) is 2.58. The van der Waals surface area contributed by atoms with Crippen molar-refractivity contribution in [3.05, 3.63) is 29.6 Å². The molecule has 1 aromatic rings. The van der Waals surface area contributed by atoms with Crippen LogP contribution in [0.2, 0.25) is 0 Å². The fourth-order valence-corrected chi connectivity index (χ4v) is 1.16. The molecule has 1 unspecified atom stereocenters. The number of terminal acetylenes is 1. The Labute approximate surface area is 79.2 Å². The first kappa shape index (κ1) is 9.76. The maximum absolute atomic E-state index is 5.89. The lowest BCUT2D eigenvalue weighted by molar-refractivity contribution is 0.646. The molecule has 0 saturated carbocycles. The second kappa shape index (κ2) is 4.64. The van der Waals surface area contributed by atoms with Crippen molar-refractivity contribution in [2.24, 2.45) is 5.73 Å². The summed E-state index contributed by atoms with van der Waals surface area (Å²) in [7, 11) is 0. The Morgan fingerprint density at radius 2 is 2.38 bits per heavy atom. The zero-order valence-electron chi connectivity index (χ0n) is 7.83. The van der Waals surface area contributed by atoms with Gasteiger partial charge >= 0.3 is 0 Å². The van der Waals surface area contributed by atoms with Crippen LogP contribution in [0, 0.1) is 19.3 Å². The summed E-state index contributed by atoms with van der Waals surface area (Å²) in [6.07, 6.45) is 6.66. The van der Waals surface area contributed by atoms with Crippen LogP contribution in [0.15, 0.2) is 18.2 Å². The highest BCUT2D eigenvalue weighted by Crippen LogP contribution is 2.12. The highest BCUT2D eigenvalue weighted by Gasteiger charge is 2.05. The van der Waals surface area contributed by atoms with Crippen molar-refractivity contribution in [3.8, 4) is 12.3 Å².